The lowest BCUT2D eigenvalue weighted by Crippen LogP contribution is -2.43. The van der Waals surface area contributed by atoms with Gasteiger partial charge in [0.2, 0.25) is 0 Å². The number of nitrogens with zero attached hydrogens (tertiary/aromatic N) is 1. The van der Waals surface area contributed by atoms with Crippen LogP contribution in [0.5, 0.6) is 11.5 Å². The van der Waals surface area contributed by atoms with Crippen LogP contribution in [0.1, 0.15) is 37.6 Å². The van der Waals surface area contributed by atoms with Crippen molar-refractivity contribution < 1.29 is 32.2 Å². The second kappa shape index (κ2) is 9.96. The summed E-state index contributed by atoms with van der Waals surface area (Å²) < 4.78 is 39.4. The molecule has 0 radical (unpaired) electrons. The van der Waals surface area contributed by atoms with Gasteiger partial charge in [-0.1, -0.05) is 13.8 Å². The summed E-state index contributed by atoms with van der Waals surface area (Å²) in [6, 6.07) is 4.31. The Morgan fingerprint density at radius 3 is 2.52 bits per heavy atom. The fourth-order valence-electron chi connectivity index (χ4n) is 3.12. The second-order valence-corrected chi connectivity index (χ2v) is 9.61. The molecule has 162 valence electrons. The third kappa shape index (κ3) is 6.35. The minimum absolute atomic E-state index is 0.0461. The van der Waals surface area contributed by atoms with E-state index in [0.29, 0.717) is 37.0 Å². The number of hydrogen-bond acceptors (Lipinski definition) is 7. The van der Waals surface area contributed by atoms with Crippen LogP contribution in [0.4, 0.5) is 0 Å². The van der Waals surface area contributed by atoms with Crippen LogP contribution >= 0.6 is 0 Å². The molecule has 1 aromatic rings. The van der Waals surface area contributed by atoms with Gasteiger partial charge < -0.3 is 19.1 Å². The zero-order valence-electron chi connectivity index (χ0n) is 17.3. The average molecular weight is 428 g/mol. The summed E-state index contributed by atoms with van der Waals surface area (Å²) in [6.07, 6.45) is 0.408. The smallest absolute Gasteiger partial charge is 0.338 e. The summed E-state index contributed by atoms with van der Waals surface area (Å²) in [5, 5.41) is 0. The molecule has 0 N–H and O–H groups in total. The maximum absolute atomic E-state index is 12.4. The first-order valence-corrected chi connectivity index (χ1v) is 11.5. The molecule has 1 aromatic carbocycles. The van der Waals surface area contributed by atoms with E-state index in [1.165, 1.54) is 18.1 Å². The van der Waals surface area contributed by atoms with Gasteiger partial charge in [-0.15, -0.1) is 0 Å². The van der Waals surface area contributed by atoms with E-state index in [-0.39, 0.29) is 23.1 Å². The Balaban J connectivity index is 1.98. The molecule has 29 heavy (non-hydrogen) atoms. The minimum atomic E-state index is -3.11. The van der Waals surface area contributed by atoms with Crippen LogP contribution in [-0.4, -0.2) is 69.6 Å². The number of esters is 1. The first-order chi connectivity index (χ1) is 13.7. The van der Waals surface area contributed by atoms with Gasteiger partial charge in [0.05, 0.1) is 30.8 Å². The van der Waals surface area contributed by atoms with Crippen molar-refractivity contribution in [1.29, 1.82) is 0 Å². The molecule has 2 rings (SSSR count). The molecule has 0 aliphatic carbocycles. The lowest BCUT2D eigenvalue weighted by atomic mass is 10.2. The van der Waals surface area contributed by atoms with Crippen LogP contribution in [0.15, 0.2) is 18.2 Å². The number of likely N-dealkylation sites (N-methyl/N-ethyl adjacent to an activating group) is 1. The van der Waals surface area contributed by atoms with E-state index < -0.39 is 28.3 Å². The number of methoxy groups -OCH3 is 1. The highest BCUT2D eigenvalue weighted by Gasteiger charge is 2.34. The van der Waals surface area contributed by atoms with Crippen LogP contribution in [0, 0.1) is 5.92 Å². The Labute approximate surface area is 172 Å². The minimum Gasteiger partial charge on any atom is -0.493 e. The molecule has 1 atom stereocenters. The van der Waals surface area contributed by atoms with Crippen molar-refractivity contribution in [3.63, 3.8) is 0 Å². The van der Waals surface area contributed by atoms with E-state index in [4.69, 9.17) is 14.2 Å². The molecule has 1 aliphatic rings. The summed E-state index contributed by atoms with van der Waals surface area (Å²) in [6.45, 7) is 6.23. The zero-order chi connectivity index (χ0) is 21.6. The lowest BCUT2D eigenvalue weighted by Gasteiger charge is -2.26. The van der Waals surface area contributed by atoms with Gasteiger partial charge >= 0.3 is 5.97 Å². The Bertz CT molecular complexity index is 835. The summed E-state index contributed by atoms with van der Waals surface area (Å²) >= 11 is 0. The molecule has 1 amide bonds. The lowest BCUT2D eigenvalue weighted by molar-refractivity contribution is -0.136. The normalized spacial score (nSPS) is 17.8. The number of carbonyl (C=O) groups is 2. The molecule has 1 saturated heterocycles. The Morgan fingerprint density at radius 2 is 1.97 bits per heavy atom. The van der Waals surface area contributed by atoms with E-state index in [0.717, 1.165) is 0 Å². The van der Waals surface area contributed by atoms with Crippen molar-refractivity contribution in [1.82, 2.24) is 4.90 Å². The van der Waals surface area contributed by atoms with E-state index in [2.05, 4.69) is 0 Å². The Kier molecular flexibility index (Phi) is 7.89. The second-order valence-electron chi connectivity index (χ2n) is 7.38. The molecular weight excluding hydrogens is 398 g/mol. The first kappa shape index (κ1) is 23.0. The maximum Gasteiger partial charge on any atom is 0.338 e. The molecule has 1 unspecified atom stereocenters. The Hall–Kier alpha value is -2.29. The molecule has 0 saturated carbocycles. The zero-order valence-corrected chi connectivity index (χ0v) is 18.2. The number of sulfone groups is 1. The van der Waals surface area contributed by atoms with Crippen molar-refractivity contribution >= 4 is 21.7 Å². The largest absolute Gasteiger partial charge is 0.493 e. The summed E-state index contributed by atoms with van der Waals surface area (Å²) in [5.41, 5.74) is 0.234. The van der Waals surface area contributed by atoms with Crippen molar-refractivity contribution in [2.75, 3.05) is 38.4 Å². The van der Waals surface area contributed by atoms with Crippen molar-refractivity contribution in [2.45, 2.75) is 33.2 Å². The maximum atomic E-state index is 12.4. The molecule has 1 fully saturated rings. The quantitative estimate of drug-likeness (QED) is 0.555. The first-order valence-electron chi connectivity index (χ1n) is 9.64. The highest BCUT2D eigenvalue weighted by molar-refractivity contribution is 7.91. The number of amides is 1. The molecular formula is C20H29NO7S. The Morgan fingerprint density at radius 1 is 1.24 bits per heavy atom. The summed E-state index contributed by atoms with van der Waals surface area (Å²) in [5.74, 6) is 0.217. The number of rotatable bonds is 9. The van der Waals surface area contributed by atoms with Gasteiger partial charge in [0, 0.05) is 12.6 Å². The van der Waals surface area contributed by atoms with E-state index >= 15 is 0 Å². The summed E-state index contributed by atoms with van der Waals surface area (Å²) in [4.78, 5) is 26.2. The molecule has 1 heterocycles. The summed E-state index contributed by atoms with van der Waals surface area (Å²) in [7, 11) is -1.63. The highest BCUT2D eigenvalue weighted by atomic mass is 32.2. The standard InChI is InChI=1S/C20H29NO7S/c1-5-21(16-8-9-29(24,25)13-16)19(22)12-28-20(23)15-6-7-17(18(10-15)26-4)27-11-14(2)3/h6-7,10,14,16H,5,8-9,11-13H2,1-4H3. The third-order valence-electron chi connectivity index (χ3n) is 4.61. The van der Waals surface area contributed by atoms with Crippen LogP contribution < -0.4 is 9.47 Å². The molecule has 8 nitrogen and oxygen atoms in total. The van der Waals surface area contributed by atoms with E-state index in [1.807, 2.05) is 13.8 Å². The van der Waals surface area contributed by atoms with Gasteiger partial charge in [-0.05, 0) is 37.5 Å². The van der Waals surface area contributed by atoms with Crippen LogP contribution in [0.25, 0.3) is 0 Å². The third-order valence-corrected chi connectivity index (χ3v) is 6.36. The van der Waals surface area contributed by atoms with Crippen molar-refractivity contribution in [2.24, 2.45) is 5.92 Å². The number of hydrogen-bond donors (Lipinski definition) is 0. The van der Waals surface area contributed by atoms with Crippen LogP contribution in [-0.2, 0) is 19.4 Å². The number of ether oxygens (including phenoxy) is 3. The average Bonchev–Trinajstić information content (AvgIpc) is 3.04. The molecule has 9 heteroatoms. The van der Waals surface area contributed by atoms with Crippen molar-refractivity contribution in [3.05, 3.63) is 23.8 Å². The number of carbonyl (C=O) groups excluding carboxylic acids is 2. The van der Waals surface area contributed by atoms with Gasteiger partial charge in [-0.25, -0.2) is 13.2 Å². The molecule has 0 spiro atoms. The van der Waals surface area contributed by atoms with Gasteiger partial charge in [0.25, 0.3) is 5.91 Å². The molecule has 0 aromatic heterocycles. The fourth-order valence-corrected chi connectivity index (χ4v) is 4.85. The number of benzene rings is 1. The van der Waals surface area contributed by atoms with E-state index in [9.17, 15) is 18.0 Å². The van der Waals surface area contributed by atoms with Crippen LogP contribution in [0.3, 0.4) is 0 Å². The molecule has 1 aliphatic heterocycles. The van der Waals surface area contributed by atoms with Gasteiger partial charge in [0.1, 0.15) is 0 Å². The monoisotopic (exact) mass is 427 g/mol. The molecule has 0 bridgehead atoms. The van der Waals surface area contributed by atoms with E-state index in [1.54, 1.807) is 19.1 Å². The van der Waals surface area contributed by atoms with Crippen LogP contribution in [0.2, 0.25) is 0 Å². The predicted octanol–water partition coefficient (Wildman–Crippen LogP) is 1.92. The SMILES string of the molecule is CCN(C(=O)COC(=O)c1ccc(OCC(C)C)c(OC)c1)C1CCS(=O)(=O)C1. The topological polar surface area (TPSA) is 99.2 Å². The highest BCUT2D eigenvalue weighted by Crippen LogP contribution is 2.29. The predicted molar refractivity (Wildman–Crippen MR) is 108 cm³/mol. The van der Waals surface area contributed by atoms with Gasteiger partial charge in [-0.2, -0.15) is 0 Å². The van der Waals surface area contributed by atoms with Gasteiger partial charge in [0.15, 0.2) is 27.9 Å². The van der Waals surface area contributed by atoms with Crippen molar-refractivity contribution in [3.8, 4) is 11.5 Å². The van der Waals surface area contributed by atoms with Gasteiger partial charge in [-0.3, -0.25) is 4.79 Å². The fraction of sp³-hybridized carbons (Fsp3) is 0.600.